The summed E-state index contributed by atoms with van der Waals surface area (Å²) in [7, 11) is 0. The van der Waals surface area contributed by atoms with Crippen molar-refractivity contribution >= 4 is 11.6 Å². The molecule has 3 aromatic rings. The first-order chi connectivity index (χ1) is 16.6. The fourth-order valence-electron chi connectivity index (χ4n) is 3.56. The molecule has 1 aliphatic rings. The molecule has 0 saturated heterocycles. The van der Waals surface area contributed by atoms with E-state index in [1.54, 1.807) is 0 Å². The average Bonchev–Trinajstić information content (AvgIpc) is 2.80. The minimum atomic E-state index is -4.97. The Bertz CT molecular complexity index is 1220. The molecule has 1 saturated carbocycles. The van der Waals surface area contributed by atoms with Gasteiger partial charge in [-0.15, -0.1) is 0 Å². The lowest BCUT2D eigenvalue weighted by Gasteiger charge is -2.15. The minimum absolute atomic E-state index is 0.173. The van der Waals surface area contributed by atoms with Crippen LogP contribution in [0.25, 0.3) is 11.3 Å². The molecular weight excluding hydrogens is 471 g/mol. The monoisotopic (exact) mass is 494 g/mol. The number of halogens is 5. The number of amides is 1. The third-order valence-corrected chi connectivity index (χ3v) is 5.35. The van der Waals surface area contributed by atoms with E-state index in [4.69, 9.17) is 5.73 Å². The van der Waals surface area contributed by atoms with Crippen LogP contribution in [0.4, 0.5) is 27.6 Å². The van der Waals surface area contributed by atoms with E-state index in [2.05, 4.69) is 15.3 Å². The number of nitrogens with two attached hydrogens (primary N) is 1. The molecule has 1 aliphatic carbocycles. The normalized spacial score (nSPS) is 14.1. The summed E-state index contributed by atoms with van der Waals surface area (Å²) in [5.74, 6) is -3.56. The number of alkyl halides is 3. The molecule has 0 radical (unpaired) electrons. The van der Waals surface area contributed by atoms with Crippen LogP contribution >= 0.6 is 0 Å². The Labute approximate surface area is 197 Å². The maximum atomic E-state index is 14.0. The van der Waals surface area contributed by atoms with Crippen LogP contribution in [0.1, 0.15) is 48.2 Å². The van der Waals surface area contributed by atoms with Crippen LogP contribution in [0, 0.1) is 11.6 Å². The van der Waals surface area contributed by atoms with Gasteiger partial charge < -0.3 is 16.0 Å². The quantitative estimate of drug-likeness (QED) is 0.432. The summed E-state index contributed by atoms with van der Waals surface area (Å²) in [5.41, 5.74) is 0.849. The molecule has 1 fully saturated rings. The van der Waals surface area contributed by atoms with Crippen molar-refractivity contribution in [3.05, 3.63) is 81.9 Å². The van der Waals surface area contributed by atoms with Crippen molar-refractivity contribution in [2.45, 2.75) is 44.3 Å². The summed E-state index contributed by atoms with van der Waals surface area (Å²) in [6, 6.07) is 5.44. The number of rotatable bonds is 3. The summed E-state index contributed by atoms with van der Waals surface area (Å²) < 4.78 is 68.0. The smallest absolute Gasteiger partial charge is 0.366 e. The lowest BCUT2D eigenvalue weighted by molar-refractivity contribution is -0.137. The van der Waals surface area contributed by atoms with Crippen LogP contribution in [0.2, 0.25) is 0 Å². The number of nitrogens with zero attached hydrogens (tertiary/aromatic N) is 1. The zero-order chi connectivity index (χ0) is 25.6. The highest BCUT2D eigenvalue weighted by Crippen LogP contribution is 2.38. The van der Waals surface area contributed by atoms with Gasteiger partial charge in [-0.3, -0.25) is 9.59 Å². The highest BCUT2D eigenvalue weighted by atomic mass is 19.4. The van der Waals surface area contributed by atoms with E-state index in [0.717, 1.165) is 30.3 Å². The molecule has 6 nitrogen and oxygen atoms in total. The number of anilines is 1. The fourth-order valence-corrected chi connectivity index (χ4v) is 3.56. The molecule has 0 unspecified atom stereocenters. The van der Waals surface area contributed by atoms with Crippen LogP contribution in [0.5, 0.6) is 0 Å². The van der Waals surface area contributed by atoms with Crippen LogP contribution in [0.15, 0.2) is 53.6 Å². The Balaban J connectivity index is 0.000000420. The molecule has 35 heavy (non-hydrogen) atoms. The van der Waals surface area contributed by atoms with Gasteiger partial charge in [-0.2, -0.15) is 13.2 Å². The van der Waals surface area contributed by atoms with Gasteiger partial charge in [-0.25, -0.2) is 13.8 Å². The number of hydrogen-bond acceptors (Lipinski definition) is 4. The highest BCUT2D eigenvalue weighted by Gasteiger charge is 2.36. The molecule has 1 aromatic carbocycles. The molecule has 0 atom stereocenters. The molecule has 1 amide bonds. The average molecular weight is 494 g/mol. The minimum Gasteiger partial charge on any atom is -0.366 e. The summed E-state index contributed by atoms with van der Waals surface area (Å²) in [6.07, 6.45) is 4.17. The third-order valence-electron chi connectivity index (χ3n) is 5.35. The molecule has 0 bridgehead atoms. The van der Waals surface area contributed by atoms with Crippen molar-refractivity contribution in [2.24, 2.45) is 5.73 Å². The summed E-state index contributed by atoms with van der Waals surface area (Å²) >= 11 is 0. The molecule has 2 aromatic heterocycles. The Kier molecular flexibility index (Phi) is 8.34. The van der Waals surface area contributed by atoms with E-state index in [1.807, 2.05) is 0 Å². The van der Waals surface area contributed by atoms with Crippen LogP contribution in [0.3, 0.4) is 0 Å². The van der Waals surface area contributed by atoms with E-state index in [0.29, 0.717) is 12.1 Å². The summed E-state index contributed by atoms with van der Waals surface area (Å²) in [4.78, 5) is 30.0. The van der Waals surface area contributed by atoms with Crippen LogP contribution < -0.4 is 16.5 Å². The number of nitrogens with one attached hydrogen (secondary N) is 2. The number of aromatic amines is 1. The van der Waals surface area contributed by atoms with Crippen LogP contribution in [-0.2, 0) is 6.18 Å². The molecule has 11 heteroatoms. The van der Waals surface area contributed by atoms with Gasteiger partial charge in [0.05, 0.1) is 16.8 Å². The highest BCUT2D eigenvalue weighted by molar-refractivity contribution is 6.03. The van der Waals surface area contributed by atoms with Gasteiger partial charge >= 0.3 is 6.18 Å². The number of pyridine rings is 2. The number of hydrogen-bond donors (Lipinski definition) is 3. The zero-order valence-corrected chi connectivity index (χ0v) is 18.5. The largest absolute Gasteiger partial charge is 0.418 e. The second-order valence-corrected chi connectivity index (χ2v) is 7.96. The van der Waals surface area contributed by atoms with Crippen molar-refractivity contribution in [1.29, 1.82) is 0 Å². The SMILES string of the molecule is NC1CCCCC1.O=C(Nc1c[nH]ccc1=O)c1ccc(C(F)(F)F)c(-c2c(F)cccc2F)n1. The molecule has 2 heterocycles. The topological polar surface area (TPSA) is 101 Å². The summed E-state index contributed by atoms with van der Waals surface area (Å²) in [5, 5.41) is 2.18. The van der Waals surface area contributed by atoms with E-state index in [1.165, 1.54) is 44.5 Å². The first-order valence-corrected chi connectivity index (χ1v) is 10.8. The van der Waals surface area contributed by atoms with E-state index >= 15 is 0 Å². The summed E-state index contributed by atoms with van der Waals surface area (Å²) in [6.45, 7) is 0. The van der Waals surface area contributed by atoms with E-state index in [9.17, 15) is 31.5 Å². The molecule has 4 rings (SSSR count). The number of carbonyl (C=O) groups excluding carboxylic acids is 1. The van der Waals surface area contributed by atoms with Gasteiger partial charge in [-0.05, 0) is 37.1 Å². The molecule has 0 spiro atoms. The molecule has 4 N–H and O–H groups in total. The zero-order valence-electron chi connectivity index (χ0n) is 18.5. The third kappa shape index (κ3) is 6.72. The Morgan fingerprint density at radius 3 is 2.23 bits per heavy atom. The van der Waals surface area contributed by atoms with Gasteiger partial charge in [0.2, 0.25) is 5.43 Å². The maximum absolute atomic E-state index is 14.0. The number of aromatic nitrogens is 2. The second kappa shape index (κ2) is 11.2. The van der Waals surface area contributed by atoms with Gasteiger partial charge in [0.1, 0.15) is 23.0 Å². The number of H-pyrrole nitrogens is 1. The van der Waals surface area contributed by atoms with Crippen molar-refractivity contribution < 1.29 is 26.7 Å². The first-order valence-electron chi connectivity index (χ1n) is 10.8. The van der Waals surface area contributed by atoms with Crippen molar-refractivity contribution in [1.82, 2.24) is 9.97 Å². The van der Waals surface area contributed by atoms with E-state index in [-0.39, 0.29) is 5.69 Å². The predicted octanol–water partition coefficient (Wildman–Crippen LogP) is 5.26. The standard InChI is InChI=1S/C18H10F5N3O2.C6H13N/c19-10-2-1-3-11(20)15(10)16-9(18(21,22)23)4-5-12(25-16)17(28)26-13-8-24-7-6-14(13)27;7-6-4-2-1-3-5-6/h1-8H,(H,24,27)(H,26,28);6H,1-5,7H2. The van der Waals surface area contributed by atoms with Gasteiger partial charge in [-0.1, -0.05) is 25.3 Å². The van der Waals surface area contributed by atoms with Gasteiger partial charge in [0.25, 0.3) is 5.91 Å². The Morgan fingerprint density at radius 1 is 1.03 bits per heavy atom. The number of carbonyl (C=O) groups is 1. The predicted molar refractivity (Wildman–Crippen MR) is 121 cm³/mol. The Hall–Kier alpha value is -3.60. The molecule has 0 aliphatic heterocycles. The van der Waals surface area contributed by atoms with Crippen molar-refractivity contribution in [3.8, 4) is 11.3 Å². The fraction of sp³-hybridized carbons (Fsp3) is 0.292. The lowest BCUT2D eigenvalue weighted by atomic mass is 9.97. The van der Waals surface area contributed by atoms with E-state index < -0.39 is 51.7 Å². The maximum Gasteiger partial charge on any atom is 0.418 e. The lowest BCUT2D eigenvalue weighted by Crippen LogP contribution is -2.22. The van der Waals surface area contributed by atoms with Crippen molar-refractivity contribution in [2.75, 3.05) is 5.32 Å². The first kappa shape index (κ1) is 26.0. The van der Waals surface area contributed by atoms with Crippen LogP contribution in [-0.4, -0.2) is 21.9 Å². The molecular formula is C24H23F5N4O2. The second-order valence-electron chi connectivity index (χ2n) is 7.96. The Morgan fingerprint density at radius 2 is 1.69 bits per heavy atom. The molecule has 186 valence electrons. The van der Waals surface area contributed by atoms with Crippen molar-refractivity contribution in [3.63, 3.8) is 0 Å². The van der Waals surface area contributed by atoms with Gasteiger partial charge in [0.15, 0.2) is 0 Å². The van der Waals surface area contributed by atoms with Gasteiger partial charge in [0, 0.05) is 24.5 Å². The number of benzene rings is 1.